The van der Waals surface area contributed by atoms with E-state index in [9.17, 15) is 0 Å². The van der Waals surface area contributed by atoms with Gasteiger partial charge in [0.2, 0.25) is 5.88 Å². The standard InChI is InChI=1S/C15H27N3O/c1-5-7-8-16-13-11-15(19-9-6-2)18-14(17-13)10-12(3)4/h11-12H,5-10H2,1-4H3,(H,16,17,18). The molecule has 0 unspecified atom stereocenters. The van der Waals surface area contributed by atoms with Crippen molar-refractivity contribution in [3.8, 4) is 5.88 Å². The molecule has 0 fully saturated rings. The van der Waals surface area contributed by atoms with Gasteiger partial charge in [-0.05, 0) is 18.8 Å². The lowest BCUT2D eigenvalue weighted by molar-refractivity contribution is 0.303. The number of aromatic nitrogens is 2. The van der Waals surface area contributed by atoms with Crippen LogP contribution in [0.25, 0.3) is 0 Å². The highest BCUT2D eigenvalue weighted by atomic mass is 16.5. The molecule has 1 N–H and O–H groups in total. The molecule has 4 heteroatoms. The molecule has 108 valence electrons. The Balaban J connectivity index is 2.75. The van der Waals surface area contributed by atoms with Gasteiger partial charge in [0.15, 0.2) is 0 Å². The maximum Gasteiger partial charge on any atom is 0.218 e. The summed E-state index contributed by atoms with van der Waals surface area (Å²) in [5.41, 5.74) is 0. The van der Waals surface area contributed by atoms with Gasteiger partial charge in [-0.3, -0.25) is 0 Å². The van der Waals surface area contributed by atoms with Crippen LogP contribution in [0.3, 0.4) is 0 Å². The third-order valence-electron chi connectivity index (χ3n) is 2.63. The normalized spacial score (nSPS) is 10.8. The maximum absolute atomic E-state index is 5.63. The van der Waals surface area contributed by atoms with Crippen molar-refractivity contribution in [2.75, 3.05) is 18.5 Å². The molecular formula is C15H27N3O. The van der Waals surface area contributed by atoms with Gasteiger partial charge < -0.3 is 10.1 Å². The Morgan fingerprint density at radius 2 is 2.00 bits per heavy atom. The summed E-state index contributed by atoms with van der Waals surface area (Å²) in [6.45, 7) is 10.3. The Morgan fingerprint density at radius 3 is 2.63 bits per heavy atom. The molecule has 0 amide bonds. The van der Waals surface area contributed by atoms with E-state index in [2.05, 4.69) is 43.0 Å². The van der Waals surface area contributed by atoms with Crippen molar-refractivity contribution < 1.29 is 4.74 Å². The molecule has 0 saturated heterocycles. The van der Waals surface area contributed by atoms with E-state index in [1.807, 2.05) is 6.07 Å². The summed E-state index contributed by atoms with van der Waals surface area (Å²) in [5.74, 6) is 2.98. The van der Waals surface area contributed by atoms with Crippen LogP contribution in [-0.4, -0.2) is 23.1 Å². The maximum atomic E-state index is 5.63. The number of rotatable bonds is 9. The third kappa shape index (κ3) is 6.41. The lowest BCUT2D eigenvalue weighted by Gasteiger charge is -2.11. The van der Waals surface area contributed by atoms with Crippen molar-refractivity contribution in [2.24, 2.45) is 5.92 Å². The molecule has 0 spiro atoms. The summed E-state index contributed by atoms with van der Waals surface area (Å²) in [6, 6.07) is 1.90. The topological polar surface area (TPSA) is 47.0 Å². The van der Waals surface area contributed by atoms with Crippen LogP contribution in [0.1, 0.15) is 52.8 Å². The molecule has 0 radical (unpaired) electrons. The van der Waals surface area contributed by atoms with Gasteiger partial charge in [-0.1, -0.05) is 34.1 Å². The highest BCUT2D eigenvalue weighted by Crippen LogP contribution is 2.16. The Bertz CT molecular complexity index is 366. The molecule has 1 rings (SSSR count). The fraction of sp³-hybridized carbons (Fsp3) is 0.733. The molecule has 1 heterocycles. The molecule has 0 aliphatic heterocycles. The van der Waals surface area contributed by atoms with E-state index in [1.54, 1.807) is 0 Å². The van der Waals surface area contributed by atoms with Crippen molar-refractivity contribution in [2.45, 2.75) is 53.4 Å². The van der Waals surface area contributed by atoms with Crippen LogP contribution < -0.4 is 10.1 Å². The highest BCUT2D eigenvalue weighted by molar-refractivity contribution is 5.38. The first-order valence-corrected chi connectivity index (χ1v) is 7.40. The molecule has 4 nitrogen and oxygen atoms in total. The first-order valence-electron chi connectivity index (χ1n) is 7.40. The van der Waals surface area contributed by atoms with E-state index in [4.69, 9.17) is 4.74 Å². The summed E-state index contributed by atoms with van der Waals surface area (Å²) in [5, 5.41) is 3.34. The third-order valence-corrected chi connectivity index (χ3v) is 2.63. The first kappa shape index (κ1) is 15.7. The lowest BCUT2D eigenvalue weighted by atomic mass is 10.1. The minimum atomic E-state index is 0.546. The average molecular weight is 265 g/mol. The van der Waals surface area contributed by atoms with E-state index in [1.165, 1.54) is 6.42 Å². The number of anilines is 1. The van der Waals surface area contributed by atoms with E-state index in [-0.39, 0.29) is 0 Å². The van der Waals surface area contributed by atoms with Crippen LogP contribution in [-0.2, 0) is 6.42 Å². The van der Waals surface area contributed by atoms with Gasteiger partial charge in [0, 0.05) is 19.0 Å². The zero-order valence-electron chi connectivity index (χ0n) is 12.7. The zero-order valence-corrected chi connectivity index (χ0v) is 12.7. The quantitative estimate of drug-likeness (QED) is 0.692. The van der Waals surface area contributed by atoms with Crippen molar-refractivity contribution in [3.63, 3.8) is 0 Å². The van der Waals surface area contributed by atoms with Crippen molar-refractivity contribution >= 4 is 5.82 Å². The predicted molar refractivity (Wildman–Crippen MR) is 79.8 cm³/mol. The molecule has 0 atom stereocenters. The second kappa shape index (κ2) is 8.73. The smallest absolute Gasteiger partial charge is 0.218 e. The minimum Gasteiger partial charge on any atom is -0.478 e. The fourth-order valence-electron chi connectivity index (χ4n) is 1.69. The fourth-order valence-corrected chi connectivity index (χ4v) is 1.69. The summed E-state index contributed by atoms with van der Waals surface area (Å²) in [7, 11) is 0. The van der Waals surface area contributed by atoms with Gasteiger partial charge in [0.05, 0.1) is 6.61 Å². The van der Waals surface area contributed by atoms with Crippen LogP contribution >= 0.6 is 0 Å². The summed E-state index contributed by atoms with van der Waals surface area (Å²) < 4.78 is 5.63. The molecule has 1 aromatic rings. The van der Waals surface area contributed by atoms with Crippen LogP contribution in [0.5, 0.6) is 5.88 Å². The van der Waals surface area contributed by atoms with Gasteiger partial charge >= 0.3 is 0 Å². The summed E-state index contributed by atoms with van der Waals surface area (Å²) in [4.78, 5) is 9.02. The first-order chi connectivity index (χ1) is 9.15. The number of ether oxygens (including phenoxy) is 1. The number of nitrogens with one attached hydrogen (secondary N) is 1. The molecule has 0 saturated carbocycles. The molecule has 0 aromatic carbocycles. The van der Waals surface area contributed by atoms with Crippen LogP contribution in [0.15, 0.2) is 6.07 Å². The molecule has 19 heavy (non-hydrogen) atoms. The van der Waals surface area contributed by atoms with Gasteiger partial charge in [-0.15, -0.1) is 0 Å². The van der Waals surface area contributed by atoms with Crippen molar-refractivity contribution in [3.05, 3.63) is 11.9 Å². The molecule has 0 aliphatic carbocycles. The predicted octanol–water partition coefficient (Wildman–Crippen LogP) is 3.68. The minimum absolute atomic E-state index is 0.546. The summed E-state index contributed by atoms with van der Waals surface area (Å²) >= 11 is 0. The van der Waals surface area contributed by atoms with E-state index in [0.717, 1.165) is 37.4 Å². The SMILES string of the molecule is CCCCNc1cc(OCCC)nc(CC(C)C)n1. The molecule has 1 aromatic heterocycles. The van der Waals surface area contributed by atoms with Crippen molar-refractivity contribution in [1.82, 2.24) is 9.97 Å². The average Bonchev–Trinajstić information content (AvgIpc) is 2.36. The number of unbranched alkanes of at least 4 members (excludes halogenated alkanes) is 1. The zero-order chi connectivity index (χ0) is 14.1. The number of hydrogen-bond acceptors (Lipinski definition) is 4. The Kier molecular flexibility index (Phi) is 7.23. The Labute approximate surface area is 117 Å². The van der Waals surface area contributed by atoms with Gasteiger partial charge in [0.25, 0.3) is 0 Å². The second-order valence-electron chi connectivity index (χ2n) is 5.23. The highest BCUT2D eigenvalue weighted by Gasteiger charge is 2.07. The van der Waals surface area contributed by atoms with E-state index >= 15 is 0 Å². The van der Waals surface area contributed by atoms with Gasteiger partial charge in [0.1, 0.15) is 11.6 Å². The molecule has 0 bridgehead atoms. The monoisotopic (exact) mass is 265 g/mol. The summed E-state index contributed by atoms with van der Waals surface area (Å²) in [6.07, 6.45) is 4.19. The van der Waals surface area contributed by atoms with Gasteiger partial charge in [-0.25, -0.2) is 4.98 Å². The Morgan fingerprint density at radius 1 is 1.21 bits per heavy atom. The van der Waals surface area contributed by atoms with Crippen LogP contribution in [0.2, 0.25) is 0 Å². The largest absolute Gasteiger partial charge is 0.478 e. The molecule has 0 aliphatic rings. The van der Waals surface area contributed by atoms with Gasteiger partial charge in [-0.2, -0.15) is 4.98 Å². The number of nitrogens with zero attached hydrogens (tertiary/aromatic N) is 2. The Hall–Kier alpha value is -1.32. The van der Waals surface area contributed by atoms with Crippen molar-refractivity contribution in [1.29, 1.82) is 0 Å². The second-order valence-corrected chi connectivity index (χ2v) is 5.23. The molecular weight excluding hydrogens is 238 g/mol. The van der Waals surface area contributed by atoms with Crippen LogP contribution in [0.4, 0.5) is 5.82 Å². The van der Waals surface area contributed by atoms with Crippen LogP contribution in [0, 0.1) is 5.92 Å². The van der Waals surface area contributed by atoms with E-state index < -0.39 is 0 Å². The van der Waals surface area contributed by atoms with E-state index in [0.29, 0.717) is 18.4 Å². The number of hydrogen-bond donors (Lipinski definition) is 1. The lowest BCUT2D eigenvalue weighted by Crippen LogP contribution is -2.09.